The van der Waals surface area contributed by atoms with Crippen molar-refractivity contribution in [2.75, 3.05) is 0 Å². The van der Waals surface area contributed by atoms with Gasteiger partial charge in [0.15, 0.2) is 0 Å². The second-order valence-corrected chi connectivity index (χ2v) is 3.89. The fraction of sp³-hybridized carbons (Fsp3) is 1.00. The molecule has 1 rings (SSSR count). The van der Waals surface area contributed by atoms with Crippen LogP contribution in [0.25, 0.3) is 1.43 Å². The molecular formula is C6H13NO3S. The van der Waals surface area contributed by atoms with E-state index in [-0.39, 0.29) is 6.04 Å². The molecule has 0 radical (unpaired) electrons. The Bertz CT molecular complexity index is 251. The van der Waals surface area contributed by atoms with Crippen LogP contribution in [0.2, 0.25) is 1.41 Å². The van der Waals surface area contributed by atoms with Gasteiger partial charge in [-0.1, -0.05) is 19.3 Å². The number of nitrogens with one attached hydrogen (secondary N) is 1. The van der Waals surface area contributed by atoms with Crippen molar-refractivity contribution in [2.45, 2.75) is 38.1 Å². The molecule has 0 aromatic rings. The van der Waals surface area contributed by atoms with Crippen LogP contribution in [0.15, 0.2) is 0 Å². The first-order valence-corrected chi connectivity index (χ1v) is 5.12. The summed E-state index contributed by atoms with van der Waals surface area (Å²) in [7, 11) is -4.13. The molecule has 1 aliphatic rings. The van der Waals surface area contributed by atoms with E-state index in [1.165, 1.54) is 0 Å². The van der Waals surface area contributed by atoms with Gasteiger partial charge in [0.05, 0.1) is 0 Å². The third-order valence-corrected chi connectivity index (χ3v) is 2.41. The van der Waals surface area contributed by atoms with E-state index in [0.717, 1.165) is 19.3 Å². The molecule has 2 N–H and O–H groups in total. The zero-order chi connectivity index (χ0) is 9.90. The summed E-state index contributed by atoms with van der Waals surface area (Å²) in [6, 6.07) is -0.316. The van der Waals surface area contributed by atoms with Crippen molar-refractivity contribution >= 4 is 10.3 Å². The fourth-order valence-electron chi connectivity index (χ4n) is 1.37. The Hall–Kier alpha value is -0.130. The highest BCUT2D eigenvalue weighted by atomic mass is 32.2. The average molecular weight is 181 g/mol. The van der Waals surface area contributed by atoms with Gasteiger partial charge in [0.1, 0.15) is 1.41 Å². The molecule has 0 bridgehead atoms. The van der Waals surface area contributed by atoms with Crippen LogP contribution in [0.1, 0.15) is 32.1 Å². The van der Waals surface area contributed by atoms with Gasteiger partial charge < -0.3 is 0 Å². The standard InChI is InChI=1S/C6H13NO3S/c8-11(9,10)7-6-4-2-1-3-5-6/h6-7H,1-5H2,(H,8,9,10)/i/hD2. The van der Waals surface area contributed by atoms with Crippen molar-refractivity contribution in [2.24, 2.45) is 0 Å². The van der Waals surface area contributed by atoms with Gasteiger partial charge in [-0.2, -0.15) is 13.1 Å². The maximum atomic E-state index is 10.9. The summed E-state index contributed by atoms with van der Waals surface area (Å²) in [5, 5.41) is 0. The average Bonchev–Trinajstić information content (AvgIpc) is 2.18. The zero-order valence-corrected chi connectivity index (χ0v) is 7.01. The van der Waals surface area contributed by atoms with Crippen molar-refractivity contribution in [1.29, 1.82) is 1.43 Å². The lowest BCUT2D eigenvalue weighted by Crippen LogP contribution is -2.35. The van der Waals surface area contributed by atoms with E-state index in [1.54, 1.807) is 0 Å². The molecule has 1 fully saturated rings. The Morgan fingerprint density at radius 1 is 1.45 bits per heavy atom. The summed E-state index contributed by atoms with van der Waals surface area (Å²) in [4.78, 5) is 0. The van der Waals surface area contributed by atoms with Crippen molar-refractivity contribution in [3.63, 3.8) is 0 Å². The van der Waals surface area contributed by atoms with Crippen molar-refractivity contribution in [1.82, 2.24) is 4.72 Å². The largest absolute Gasteiger partial charge is 0.333 e. The van der Waals surface area contributed by atoms with E-state index >= 15 is 0 Å². The minimum absolute atomic E-state index is 0.316. The van der Waals surface area contributed by atoms with E-state index in [0.29, 0.717) is 17.6 Å². The predicted molar refractivity (Wildman–Crippen MR) is 41.6 cm³/mol. The highest BCUT2D eigenvalue weighted by Crippen LogP contribution is 2.17. The molecular weight excluding hydrogens is 166 g/mol. The normalized spacial score (nSPS) is 24.8. The molecule has 0 spiro atoms. The first kappa shape index (κ1) is 6.39. The van der Waals surface area contributed by atoms with Gasteiger partial charge in [-0.25, -0.2) is 0 Å². The topological polar surface area (TPSA) is 66.4 Å². The van der Waals surface area contributed by atoms with E-state index in [9.17, 15) is 8.42 Å². The van der Waals surface area contributed by atoms with Crippen LogP contribution in [-0.4, -0.2) is 19.0 Å². The number of rotatable bonds is 3. The molecule has 0 unspecified atom stereocenters. The molecule has 1 saturated carbocycles. The second kappa shape index (κ2) is 3.51. The van der Waals surface area contributed by atoms with Crippen molar-refractivity contribution < 1.29 is 14.4 Å². The van der Waals surface area contributed by atoms with Crippen molar-refractivity contribution in [3.8, 4) is 0 Å². The molecule has 0 saturated heterocycles. The van der Waals surface area contributed by atoms with E-state index in [4.69, 9.17) is 2.84 Å². The predicted octanol–water partition coefficient (Wildman–Crippen LogP) is 0.711. The molecule has 0 heterocycles. The maximum Gasteiger partial charge on any atom is 0.333 e. The summed E-state index contributed by atoms with van der Waals surface area (Å²) >= 11 is 0. The molecule has 1 aliphatic carbocycles. The smallest absolute Gasteiger partial charge is 0.273 e. The summed E-state index contributed by atoms with van der Waals surface area (Å²) in [5.41, 5.74) is 0. The van der Waals surface area contributed by atoms with Crippen LogP contribution >= 0.6 is 0 Å². The van der Waals surface area contributed by atoms with Crippen LogP contribution in [0, 0.1) is 0 Å². The molecule has 4 nitrogen and oxygen atoms in total. The summed E-state index contributed by atoms with van der Waals surface area (Å²) in [6.45, 7) is 0. The quantitative estimate of drug-likeness (QED) is 0.630. The number of hydrogen-bond donors (Lipinski definition) is 2. The van der Waals surface area contributed by atoms with Crippen LogP contribution in [-0.2, 0) is 10.3 Å². The van der Waals surface area contributed by atoms with E-state index in [2.05, 4.69) is 4.56 Å². The molecule has 0 aromatic carbocycles. The van der Waals surface area contributed by atoms with Gasteiger partial charge in [0.2, 0.25) is 1.43 Å². The first-order valence-electron chi connectivity index (χ1n) is 4.61. The molecule has 0 amide bonds. The van der Waals surface area contributed by atoms with Gasteiger partial charge in [0.25, 0.3) is 0 Å². The second-order valence-electron chi connectivity index (χ2n) is 2.82. The molecule has 66 valence electrons. The van der Waals surface area contributed by atoms with Gasteiger partial charge in [-0.3, -0.25) is 4.56 Å². The van der Waals surface area contributed by atoms with Gasteiger partial charge in [0, 0.05) is 6.04 Å². The summed E-state index contributed by atoms with van der Waals surface area (Å²) < 4.78 is 39.4. The van der Waals surface area contributed by atoms with Gasteiger partial charge >= 0.3 is 10.3 Å². The highest BCUT2D eigenvalue weighted by Gasteiger charge is 2.17. The number of hydrogen-bond acceptors (Lipinski definition) is 3. The lowest BCUT2D eigenvalue weighted by molar-refractivity contribution is 0.389. The Morgan fingerprint density at radius 3 is 2.64 bits per heavy atom. The lowest BCUT2D eigenvalue weighted by Gasteiger charge is -2.20. The monoisotopic (exact) mass is 181 g/mol. The Kier molecular flexibility index (Phi) is 2.04. The summed E-state index contributed by atoms with van der Waals surface area (Å²) in [5.74, 6) is 0. The van der Waals surface area contributed by atoms with E-state index in [1.807, 2.05) is 0 Å². The minimum Gasteiger partial charge on any atom is -0.273 e. The van der Waals surface area contributed by atoms with Crippen molar-refractivity contribution in [3.05, 3.63) is 0 Å². The third kappa shape index (κ3) is 3.69. The molecule has 5 heteroatoms. The Balaban J connectivity index is 2.60. The highest BCUT2D eigenvalue weighted by molar-refractivity contribution is 7.83. The van der Waals surface area contributed by atoms with Gasteiger partial charge in [-0.05, 0) is 12.8 Å². The molecule has 0 aliphatic heterocycles. The van der Waals surface area contributed by atoms with Gasteiger partial charge in [-0.15, -0.1) is 0 Å². The molecule has 11 heavy (non-hydrogen) atoms. The SMILES string of the molecule is [2H]OS(=O)(=O)N([2H])C1CCCCC1. The lowest BCUT2D eigenvalue weighted by atomic mass is 9.96. The maximum absolute atomic E-state index is 10.9. The molecule has 0 atom stereocenters. The van der Waals surface area contributed by atoms with Crippen LogP contribution in [0.5, 0.6) is 0 Å². The molecule has 0 aromatic heterocycles. The first-order chi connectivity index (χ1) is 6.08. The van der Waals surface area contributed by atoms with Crippen LogP contribution in [0.3, 0.4) is 0 Å². The fourth-order valence-corrected chi connectivity index (χ4v) is 1.94. The van der Waals surface area contributed by atoms with Crippen LogP contribution < -0.4 is 4.72 Å². The Morgan fingerprint density at radius 2 is 2.09 bits per heavy atom. The summed E-state index contributed by atoms with van der Waals surface area (Å²) in [6.07, 6.45) is 4.34. The van der Waals surface area contributed by atoms with Crippen LogP contribution in [0.4, 0.5) is 0 Å². The minimum atomic E-state index is -4.13. The van der Waals surface area contributed by atoms with E-state index < -0.39 is 10.3 Å². The Labute approximate surface area is 69.8 Å². The third-order valence-electron chi connectivity index (χ3n) is 1.85. The zero-order valence-electron chi connectivity index (χ0n) is 8.19.